The van der Waals surface area contributed by atoms with Crippen LogP contribution >= 0.6 is 0 Å². The minimum Gasteiger partial charge on any atom is -0.496 e. The summed E-state index contributed by atoms with van der Waals surface area (Å²) in [7, 11) is 1.60. The summed E-state index contributed by atoms with van der Waals surface area (Å²) < 4.78 is 11.7. The van der Waals surface area contributed by atoms with Crippen molar-refractivity contribution in [2.45, 2.75) is 33.3 Å². The third kappa shape index (κ3) is 4.28. The van der Waals surface area contributed by atoms with Gasteiger partial charge in [0.2, 0.25) is 5.95 Å². The molecule has 0 spiro atoms. The molecule has 0 aliphatic rings. The smallest absolute Gasteiger partial charge is 0.222 e. The maximum atomic E-state index is 9.48. The van der Waals surface area contributed by atoms with Crippen LogP contribution in [0.3, 0.4) is 0 Å². The van der Waals surface area contributed by atoms with Crippen LogP contribution in [0.15, 0.2) is 36.4 Å². The number of hydrogen-bond donors (Lipinski definition) is 2. The molecule has 1 heterocycles. The van der Waals surface area contributed by atoms with Gasteiger partial charge in [-0.15, -0.1) is 0 Å². The molecule has 0 saturated heterocycles. The highest BCUT2D eigenvalue weighted by molar-refractivity contribution is 5.74. The topological polar surface area (TPSA) is 120 Å². The molecule has 30 heavy (non-hydrogen) atoms. The van der Waals surface area contributed by atoms with Crippen LogP contribution in [0.1, 0.15) is 42.0 Å². The summed E-state index contributed by atoms with van der Waals surface area (Å²) in [4.78, 5) is 8.09. The van der Waals surface area contributed by atoms with E-state index in [-0.39, 0.29) is 23.9 Å². The van der Waals surface area contributed by atoms with E-state index in [0.717, 1.165) is 22.4 Å². The average Bonchev–Trinajstić information content (AvgIpc) is 2.71. The van der Waals surface area contributed by atoms with Crippen molar-refractivity contribution in [2.24, 2.45) is 0 Å². The zero-order chi connectivity index (χ0) is 21.8. The minimum atomic E-state index is 0.0106. The Kier molecular flexibility index (Phi) is 6.07. The first-order valence-corrected chi connectivity index (χ1v) is 9.57. The highest BCUT2D eigenvalue weighted by Crippen LogP contribution is 2.32. The maximum Gasteiger partial charge on any atom is 0.222 e. The lowest BCUT2D eigenvalue weighted by Crippen LogP contribution is -2.06. The van der Waals surface area contributed by atoms with Gasteiger partial charge in [-0.25, -0.2) is 4.98 Å². The molecule has 0 saturated carbocycles. The number of ether oxygens (including phenoxy) is 2. The number of nitriles is 1. The first-order valence-electron chi connectivity index (χ1n) is 9.57. The lowest BCUT2D eigenvalue weighted by Gasteiger charge is -2.17. The van der Waals surface area contributed by atoms with Crippen LogP contribution in [0.5, 0.6) is 11.5 Å². The van der Waals surface area contributed by atoms with Crippen LogP contribution in [0, 0.1) is 18.3 Å². The SMILES string of the molecule is COc1ccc(-c2nc(N)nc(N)c2C#N)cc1COc1cc(C)ccc1C(C)C. The third-order valence-electron chi connectivity index (χ3n) is 4.79. The Morgan fingerprint density at radius 3 is 2.50 bits per heavy atom. The molecule has 0 atom stereocenters. The van der Waals surface area contributed by atoms with E-state index in [1.165, 1.54) is 0 Å². The number of aryl methyl sites for hydroxylation is 1. The lowest BCUT2D eigenvalue weighted by atomic mass is 10.0. The molecule has 2 aromatic carbocycles. The molecule has 7 nitrogen and oxygen atoms in total. The van der Waals surface area contributed by atoms with Crippen molar-refractivity contribution in [1.29, 1.82) is 5.26 Å². The summed E-state index contributed by atoms with van der Waals surface area (Å²) in [6, 6.07) is 13.7. The quantitative estimate of drug-likeness (QED) is 0.633. The zero-order valence-corrected chi connectivity index (χ0v) is 17.6. The fourth-order valence-electron chi connectivity index (χ4n) is 3.25. The molecule has 0 aliphatic heterocycles. The molecule has 154 valence electrons. The Labute approximate surface area is 176 Å². The molecular formula is C23H25N5O2. The van der Waals surface area contributed by atoms with Crippen molar-refractivity contribution in [3.05, 3.63) is 58.7 Å². The third-order valence-corrected chi connectivity index (χ3v) is 4.79. The van der Waals surface area contributed by atoms with Gasteiger partial charge in [-0.05, 0) is 48.2 Å². The molecule has 0 bridgehead atoms. The van der Waals surface area contributed by atoms with Gasteiger partial charge < -0.3 is 20.9 Å². The highest BCUT2D eigenvalue weighted by atomic mass is 16.5. The first-order chi connectivity index (χ1) is 14.3. The second-order valence-electron chi connectivity index (χ2n) is 7.31. The summed E-state index contributed by atoms with van der Waals surface area (Å²) in [5.41, 5.74) is 15.9. The van der Waals surface area contributed by atoms with E-state index in [0.29, 0.717) is 22.9 Å². The Bertz CT molecular complexity index is 1120. The second kappa shape index (κ2) is 8.70. The normalized spacial score (nSPS) is 10.7. The van der Waals surface area contributed by atoms with Gasteiger partial charge in [0.25, 0.3) is 0 Å². The van der Waals surface area contributed by atoms with Gasteiger partial charge in [-0.3, -0.25) is 0 Å². The first kappa shape index (κ1) is 20.9. The number of anilines is 2. The van der Waals surface area contributed by atoms with Gasteiger partial charge in [0.05, 0.1) is 12.8 Å². The van der Waals surface area contributed by atoms with E-state index in [2.05, 4.69) is 42.0 Å². The van der Waals surface area contributed by atoms with Crippen molar-refractivity contribution in [1.82, 2.24) is 9.97 Å². The number of nitrogen functional groups attached to an aromatic ring is 2. The van der Waals surface area contributed by atoms with E-state index >= 15 is 0 Å². The van der Waals surface area contributed by atoms with E-state index < -0.39 is 0 Å². The molecule has 3 rings (SSSR count). The van der Waals surface area contributed by atoms with Crippen LogP contribution in [0.4, 0.5) is 11.8 Å². The Hall–Kier alpha value is -3.79. The van der Waals surface area contributed by atoms with Crippen LogP contribution < -0.4 is 20.9 Å². The molecule has 7 heteroatoms. The summed E-state index contributed by atoms with van der Waals surface area (Å²) in [5.74, 6) is 1.90. The molecule has 0 amide bonds. The van der Waals surface area contributed by atoms with Crippen molar-refractivity contribution < 1.29 is 9.47 Å². The number of methoxy groups -OCH3 is 1. The van der Waals surface area contributed by atoms with Gasteiger partial charge >= 0.3 is 0 Å². The number of benzene rings is 2. The van der Waals surface area contributed by atoms with Gasteiger partial charge in [0, 0.05) is 11.1 Å². The van der Waals surface area contributed by atoms with Gasteiger partial charge in [-0.1, -0.05) is 26.0 Å². The number of nitrogens with zero attached hydrogens (tertiary/aromatic N) is 3. The van der Waals surface area contributed by atoms with Crippen LogP contribution in [-0.4, -0.2) is 17.1 Å². The monoisotopic (exact) mass is 403 g/mol. The molecule has 0 fully saturated rings. The molecule has 3 aromatic rings. The van der Waals surface area contributed by atoms with E-state index in [9.17, 15) is 5.26 Å². The average molecular weight is 403 g/mol. The van der Waals surface area contributed by atoms with Gasteiger partial charge in [0.1, 0.15) is 35.6 Å². The van der Waals surface area contributed by atoms with Crippen molar-refractivity contribution in [2.75, 3.05) is 18.6 Å². The molecule has 0 radical (unpaired) electrons. The molecule has 0 unspecified atom stereocenters. The van der Waals surface area contributed by atoms with Gasteiger partial charge in [0.15, 0.2) is 0 Å². The summed E-state index contributed by atoms with van der Waals surface area (Å²) >= 11 is 0. The molecule has 4 N–H and O–H groups in total. The maximum absolute atomic E-state index is 9.48. The summed E-state index contributed by atoms with van der Waals surface area (Å²) in [6.45, 7) is 6.59. The summed E-state index contributed by atoms with van der Waals surface area (Å²) in [5, 5.41) is 9.48. The van der Waals surface area contributed by atoms with E-state index in [4.69, 9.17) is 20.9 Å². The molecule has 0 aliphatic carbocycles. The van der Waals surface area contributed by atoms with E-state index in [1.807, 2.05) is 25.1 Å². The fraction of sp³-hybridized carbons (Fsp3) is 0.261. The van der Waals surface area contributed by atoms with E-state index in [1.54, 1.807) is 13.2 Å². The standard InChI is InChI=1S/C23H25N5O2/c1-13(2)17-7-5-14(3)9-20(17)30-12-16-10-15(6-8-19(16)29-4)21-18(11-24)22(25)28-23(26)27-21/h5-10,13H,12H2,1-4H3,(H4,25,26,27,28). The largest absolute Gasteiger partial charge is 0.496 e. The highest BCUT2D eigenvalue weighted by Gasteiger charge is 2.16. The fourth-order valence-corrected chi connectivity index (χ4v) is 3.25. The predicted molar refractivity (Wildman–Crippen MR) is 117 cm³/mol. The van der Waals surface area contributed by atoms with Crippen LogP contribution in [0.25, 0.3) is 11.3 Å². The summed E-state index contributed by atoms with van der Waals surface area (Å²) in [6.07, 6.45) is 0. The van der Waals surface area contributed by atoms with Crippen LogP contribution in [-0.2, 0) is 6.61 Å². The molecular weight excluding hydrogens is 378 g/mol. The van der Waals surface area contributed by atoms with Gasteiger partial charge in [-0.2, -0.15) is 10.2 Å². The Morgan fingerprint density at radius 1 is 1.07 bits per heavy atom. The van der Waals surface area contributed by atoms with Crippen molar-refractivity contribution >= 4 is 11.8 Å². The lowest BCUT2D eigenvalue weighted by molar-refractivity contribution is 0.292. The second-order valence-corrected chi connectivity index (χ2v) is 7.31. The number of nitrogens with two attached hydrogens (primary N) is 2. The number of aromatic nitrogens is 2. The van der Waals surface area contributed by atoms with Crippen molar-refractivity contribution in [3.8, 4) is 28.8 Å². The number of hydrogen-bond acceptors (Lipinski definition) is 7. The zero-order valence-electron chi connectivity index (χ0n) is 17.6. The minimum absolute atomic E-state index is 0.0106. The Balaban J connectivity index is 2.00. The molecule has 1 aromatic heterocycles. The van der Waals surface area contributed by atoms with Crippen LogP contribution in [0.2, 0.25) is 0 Å². The van der Waals surface area contributed by atoms with Crippen molar-refractivity contribution in [3.63, 3.8) is 0 Å². The Morgan fingerprint density at radius 2 is 1.83 bits per heavy atom. The predicted octanol–water partition coefficient (Wildman–Crippen LogP) is 4.20. The number of rotatable bonds is 6.